The average molecular weight is 494 g/mol. The van der Waals surface area contributed by atoms with E-state index in [0.717, 1.165) is 25.7 Å². The van der Waals surface area contributed by atoms with Gasteiger partial charge in [-0.05, 0) is 12.8 Å². The lowest BCUT2D eigenvalue weighted by Crippen LogP contribution is -2.31. The molecule has 0 aromatic carbocycles. The number of nitrogens with one attached hydrogen (secondary N) is 1. The summed E-state index contributed by atoms with van der Waals surface area (Å²) in [5, 5.41) is 2.83. The van der Waals surface area contributed by atoms with Crippen LogP contribution < -0.4 is 5.32 Å². The minimum atomic E-state index is -0.359. The monoisotopic (exact) mass is 493 g/mol. The fraction of sp³-hybridized carbons (Fsp3) is 0.938. The third-order valence-electron chi connectivity index (χ3n) is 7.33. The van der Waals surface area contributed by atoms with E-state index in [1.165, 1.54) is 141 Å². The minimum Gasteiger partial charge on any atom is -0.350 e. The molecule has 0 rings (SSSR count). The van der Waals surface area contributed by atoms with Crippen molar-refractivity contribution in [2.24, 2.45) is 0 Å². The molecule has 0 spiro atoms. The normalized spacial score (nSPS) is 11.1. The molecule has 1 N–H and O–H groups in total. The van der Waals surface area contributed by atoms with E-state index >= 15 is 0 Å². The van der Waals surface area contributed by atoms with Crippen LogP contribution in [-0.4, -0.2) is 18.2 Å². The van der Waals surface area contributed by atoms with E-state index in [0.29, 0.717) is 13.0 Å². The lowest BCUT2D eigenvalue weighted by atomic mass is 10.0. The van der Waals surface area contributed by atoms with Gasteiger partial charge in [-0.1, -0.05) is 168 Å². The highest BCUT2D eigenvalue weighted by Gasteiger charge is 2.11. The predicted octanol–water partition coefficient (Wildman–Crippen LogP) is 10.2. The third kappa shape index (κ3) is 27.6. The minimum absolute atomic E-state index is 0.220. The van der Waals surface area contributed by atoms with Crippen molar-refractivity contribution in [3.8, 4) is 0 Å². The zero-order chi connectivity index (χ0) is 25.7. The Morgan fingerprint density at radius 2 is 0.686 bits per heavy atom. The van der Waals surface area contributed by atoms with Gasteiger partial charge in [0.25, 0.3) is 5.91 Å². The molecule has 0 aliphatic heterocycles. The van der Waals surface area contributed by atoms with E-state index < -0.39 is 0 Å². The Morgan fingerprint density at radius 3 is 1.03 bits per heavy atom. The molecule has 0 saturated carbocycles. The zero-order valence-electron chi connectivity index (χ0n) is 24.1. The summed E-state index contributed by atoms with van der Waals surface area (Å²) in [4.78, 5) is 23.9. The van der Waals surface area contributed by atoms with Gasteiger partial charge in [0.15, 0.2) is 0 Å². The first-order valence-corrected chi connectivity index (χ1v) is 16.0. The molecule has 0 atom stereocenters. The molecule has 0 fully saturated rings. The van der Waals surface area contributed by atoms with Crippen molar-refractivity contribution in [3.05, 3.63) is 0 Å². The Labute approximate surface area is 220 Å². The summed E-state index contributed by atoms with van der Waals surface area (Å²) in [5.41, 5.74) is 0. The molecule has 3 nitrogen and oxygen atoms in total. The first-order chi connectivity index (χ1) is 17.2. The average Bonchev–Trinajstić information content (AvgIpc) is 2.86. The largest absolute Gasteiger partial charge is 0.350 e. The van der Waals surface area contributed by atoms with Gasteiger partial charge in [0, 0.05) is 13.0 Å². The van der Waals surface area contributed by atoms with Crippen molar-refractivity contribution in [3.63, 3.8) is 0 Å². The van der Waals surface area contributed by atoms with Crippen molar-refractivity contribution in [1.29, 1.82) is 0 Å². The molecule has 35 heavy (non-hydrogen) atoms. The summed E-state index contributed by atoms with van der Waals surface area (Å²) >= 11 is 0. The van der Waals surface area contributed by atoms with Crippen LogP contribution in [-0.2, 0) is 9.59 Å². The van der Waals surface area contributed by atoms with E-state index in [1.807, 2.05) is 0 Å². The predicted molar refractivity (Wildman–Crippen MR) is 154 cm³/mol. The van der Waals surface area contributed by atoms with Gasteiger partial charge in [0.05, 0.1) is 0 Å². The van der Waals surface area contributed by atoms with Crippen molar-refractivity contribution in [2.75, 3.05) is 6.54 Å². The maximum absolute atomic E-state index is 12.0. The highest BCUT2D eigenvalue weighted by atomic mass is 16.2. The van der Waals surface area contributed by atoms with Gasteiger partial charge in [-0.3, -0.25) is 9.59 Å². The van der Waals surface area contributed by atoms with Crippen molar-refractivity contribution >= 4 is 11.7 Å². The lowest BCUT2D eigenvalue weighted by molar-refractivity contribution is -0.138. The fourth-order valence-electron chi connectivity index (χ4n) is 4.86. The van der Waals surface area contributed by atoms with Crippen LogP contribution in [0.25, 0.3) is 0 Å². The van der Waals surface area contributed by atoms with Gasteiger partial charge in [0.1, 0.15) is 0 Å². The van der Waals surface area contributed by atoms with Gasteiger partial charge < -0.3 is 5.32 Å². The van der Waals surface area contributed by atoms with Crippen LogP contribution in [0.2, 0.25) is 0 Å². The highest BCUT2D eigenvalue weighted by molar-refractivity contribution is 6.36. The van der Waals surface area contributed by atoms with E-state index in [2.05, 4.69) is 19.2 Å². The number of carbonyl (C=O) groups excluding carboxylic acids is 2. The van der Waals surface area contributed by atoms with E-state index in [4.69, 9.17) is 0 Å². The first kappa shape index (κ1) is 34.1. The number of Topliss-reactive ketones (excluding diaryl/α,β-unsaturated/α-hetero) is 1. The maximum Gasteiger partial charge on any atom is 0.287 e. The van der Waals surface area contributed by atoms with Crippen LogP contribution in [0, 0.1) is 0 Å². The van der Waals surface area contributed by atoms with E-state index in [1.54, 1.807) is 0 Å². The van der Waals surface area contributed by atoms with Crippen LogP contribution in [0.5, 0.6) is 0 Å². The third-order valence-corrected chi connectivity index (χ3v) is 7.33. The SMILES string of the molecule is CCCCCCCCCCCCCCCCNC(=O)C(=O)CCCCCCCCCCCCCC. The molecule has 0 aliphatic carbocycles. The molecular weight excluding hydrogens is 430 g/mol. The van der Waals surface area contributed by atoms with Gasteiger partial charge in [0.2, 0.25) is 5.78 Å². The number of rotatable bonds is 29. The van der Waals surface area contributed by atoms with Crippen LogP contribution in [0.4, 0.5) is 0 Å². The van der Waals surface area contributed by atoms with Gasteiger partial charge in [-0.15, -0.1) is 0 Å². The summed E-state index contributed by atoms with van der Waals surface area (Å²) in [6.45, 7) is 5.20. The summed E-state index contributed by atoms with van der Waals surface area (Å²) in [7, 11) is 0. The van der Waals surface area contributed by atoms with Crippen LogP contribution >= 0.6 is 0 Å². The lowest BCUT2D eigenvalue weighted by Gasteiger charge is -2.05. The van der Waals surface area contributed by atoms with Crippen LogP contribution in [0.3, 0.4) is 0 Å². The van der Waals surface area contributed by atoms with Crippen molar-refractivity contribution in [2.45, 2.75) is 187 Å². The number of hydrogen-bond donors (Lipinski definition) is 1. The first-order valence-electron chi connectivity index (χ1n) is 16.0. The fourth-order valence-corrected chi connectivity index (χ4v) is 4.86. The summed E-state index contributed by atoms with van der Waals surface area (Å²) in [5.74, 6) is -0.579. The number of carbonyl (C=O) groups is 2. The van der Waals surface area contributed by atoms with E-state index in [9.17, 15) is 9.59 Å². The van der Waals surface area contributed by atoms with Crippen molar-refractivity contribution in [1.82, 2.24) is 5.32 Å². The molecule has 0 unspecified atom stereocenters. The number of amides is 1. The number of hydrogen-bond acceptors (Lipinski definition) is 2. The van der Waals surface area contributed by atoms with Crippen LogP contribution in [0.1, 0.15) is 187 Å². The van der Waals surface area contributed by atoms with Crippen LogP contribution in [0.15, 0.2) is 0 Å². The second kappa shape index (κ2) is 29.4. The van der Waals surface area contributed by atoms with Gasteiger partial charge in [-0.25, -0.2) is 0 Å². The summed E-state index contributed by atoms with van der Waals surface area (Å²) in [6, 6.07) is 0. The molecule has 3 heteroatoms. The Bertz CT molecular complexity index is 449. The molecule has 0 heterocycles. The van der Waals surface area contributed by atoms with E-state index in [-0.39, 0.29) is 11.7 Å². The quantitative estimate of drug-likeness (QED) is 0.0831. The zero-order valence-corrected chi connectivity index (χ0v) is 24.1. The standard InChI is InChI=1S/C32H63NO2/c1-3-5-7-9-11-13-15-17-18-20-22-24-26-28-30-33-32(35)31(34)29-27-25-23-21-19-16-14-12-10-8-6-4-2/h3-30H2,1-2H3,(H,33,35). The maximum atomic E-state index is 12.0. The smallest absolute Gasteiger partial charge is 0.287 e. The molecular formula is C32H63NO2. The molecule has 0 aromatic rings. The molecule has 0 saturated heterocycles. The topological polar surface area (TPSA) is 46.2 Å². The summed E-state index contributed by atoms with van der Waals surface area (Å²) in [6.07, 6.45) is 34.4. The Balaban J connectivity index is 3.29. The summed E-state index contributed by atoms with van der Waals surface area (Å²) < 4.78 is 0. The molecule has 0 aliphatic rings. The second-order valence-corrected chi connectivity index (χ2v) is 10.9. The van der Waals surface area contributed by atoms with Gasteiger partial charge >= 0.3 is 0 Å². The van der Waals surface area contributed by atoms with Crippen molar-refractivity contribution < 1.29 is 9.59 Å². The Morgan fingerprint density at radius 1 is 0.400 bits per heavy atom. The number of unbranched alkanes of at least 4 members (excludes halogenated alkanes) is 24. The Kier molecular flexibility index (Phi) is 28.6. The Hall–Kier alpha value is -0.860. The molecule has 0 radical (unpaired) electrons. The van der Waals surface area contributed by atoms with Gasteiger partial charge in [-0.2, -0.15) is 0 Å². The second-order valence-electron chi connectivity index (χ2n) is 10.9. The highest BCUT2D eigenvalue weighted by Crippen LogP contribution is 2.14. The molecule has 1 amide bonds. The molecule has 0 aromatic heterocycles. The molecule has 0 bridgehead atoms. The molecule has 208 valence electrons. The number of ketones is 1.